The largest absolute Gasteiger partial charge is 0.463 e. The molecule has 3 heterocycles. The highest BCUT2D eigenvalue weighted by Crippen LogP contribution is 2.23. The minimum atomic E-state index is 0.110. The smallest absolute Gasteiger partial charge is 0.270 e. The summed E-state index contributed by atoms with van der Waals surface area (Å²) < 4.78 is 7.61. The summed E-state index contributed by atoms with van der Waals surface area (Å²) >= 11 is 0. The lowest BCUT2D eigenvalue weighted by Gasteiger charge is -2.34. The van der Waals surface area contributed by atoms with Gasteiger partial charge in [0.2, 0.25) is 0 Å². The van der Waals surface area contributed by atoms with Gasteiger partial charge in [0.1, 0.15) is 5.69 Å². The van der Waals surface area contributed by atoms with Crippen molar-refractivity contribution in [2.75, 3.05) is 32.7 Å². The second-order valence-corrected chi connectivity index (χ2v) is 7.26. The van der Waals surface area contributed by atoms with Gasteiger partial charge in [-0.25, -0.2) is 0 Å². The van der Waals surface area contributed by atoms with E-state index < -0.39 is 0 Å². The predicted molar refractivity (Wildman–Crippen MR) is 112 cm³/mol. The molecule has 0 atom stereocenters. The molecule has 146 valence electrons. The van der Waals surface area contributed by atoms with Crippen molar-refractivity contribution in [3.05, 3.63) is 66.1 Å². The Morgan fingerprint density at radius 1 is 1.11 bits per heavy atom. The molecule has 1 aliphatic rings. The second kappa shape index (κ2) is 8.48. The Morgan fingerprint density at radius 3 is 2.64 bits per heavy atom. The molecule has 5 nitrogen and oxygen atoms in total. The van der Waals surface area contributed by atoms with Gasteiger partial charge in [-0.15, -0.1) is 0 Å². The van der Waals surface area contributed by atoms with E-state index in [4.69, 9.17) is 4.42 Å². The first-order chi connectivity index (χ1) is 13.8. The summed E-state index contributed by atoms with van der Waals surface area (Å²) in [5, 5.41) is 0. The topological polar surface area (TPSA) is 41.6 Å². The first kappa shape index (κ1) is 18.6. The third kappa shape index (κ3) is 3.90. The molecule has 1 aromatic carbocycles. The minimum absolute atomic E-state index is 0.110. The summed E-state index contributed by atoms with van der Waals surface area (Å²) in [6, 6.07) is 14.2. The van der Waals surface area contributed by atoms with E-state index in [0.717, 1.165) is 62.5 Å². The van der Waals surface area contributed by atoms with Crippen molar-refractivity contribution in [2.24, 2.45) is 0 Å². The lowest BCUT2D eigenvalue weighted by Crippen LogP contribution is -2.49. The highest BCUT2D eigenvalue weighted by atomic mass is 16.3. The Hall–Kier alpha value is -2.79. The van der Waals surface area contributed by atoms with Crippen LogP contribution in [0.1, 0.15) is 29.4 Å². The van der Waals surface area contributed by atoms with E-state index in [-0.39, 0.29) is 5.91 Å². The van der Waals surface area contributed by atoms with Crippen molar-refractivity contribution < 1.29 is 9.21 Å². The first-order valence-corrected chi connectivity index (χ1v) is 10.1. The number of amides is 1. The molecule has 0 aliphatic carbocycles. The van der Waals surface area contributed by atoms with Gasteiger partial charge in [-0.1, -0.05) is 49.4 Å². The van der Waals surface area contributed by atoms with Crippen molar-refractivity contribution in [3.63, 3.8) is 0 Å². The standard InChI is InChI=1S/C23H27N3O2/c1-2-11-26-20-10-17-28-22(20)18-21(26)23(27)25-15-13-24(14-16-25)12-6-9-19-7-4-3-5-8-19/h3-10,17-18H,2,11-16H2,1H3/b9-6+. The van der Waals surface area contributed by atoms with Crippen molar-refractivity contribution in [1.82, 2.24) is 14.4 Å². The van der Waals surface area contributed by atoms with Crippen LogP contribution in [-0.4, -0.2) is 53.0 Å². The van der Waals surface area contributed by atoms with Crippen LogP contribution in [0.25, 0.3) is 17.2 Å². The van der Waals surface area contributed by atoms with E-state index in [1.54, 1.807) is 6.26 Å². The van der Waals surface area contributed by atoms with E-state index in [1.807, 2.05) is 23.1 Å². The van der Waals surface area contributed by atoms with Crippen molar-refractivity contribution >= 4 is 23.1 Å². The summed E-state index contributed by atoms with van der Waals surface area (Å²) in [4.78, 5) is 17.5. The van der Waals surface area contributed by atoms with E-state index in [0.29, 0.717) is 0 Å². The van der Waals surface area contributed by atoms with Crippen LogP contribution < -0.4 is 0 Å². The van der Waals surface area contributed by atoms with Gasteiger partial charge in [0, 0.05) is 51.4 Å². The fraction of sp³-hybridized carbons (Fsp3) is 0.348. The molecule has 1 saturated heterocycles. The molecule has 0 N–H and O–H groups in total. The van der Waals surface area contributed by atoms with Crippen LogP contribution in [0.2, 0.25) is 0 Å². The van der Waals surface area contributed by atoms with Crippen molar-refractivity contribution in [2.45, 2.75) is 19.9 Å². The summed E-state index contributed by atoms with van der Waals surface area (Å²) in [5.74, 6) is 0.110. The van der Waals surface area contributed by atoms with Crippen LogP contribution in [0.15, 0.2) is 59.2 Å². The number of nitrogens with zero attached hydrogens (tertiary/aromatic N) is 3. The molecule has 3 aromatic rings. The number of carbonyl (C=O) groups is 1. The molecule has 0 radical (unpaired) electrons. The molecule has 28 heavy (non-hydrogen) atoms. The van der Waals surface area contributed by atoms with E-state index >= 15 is 0 Å². The first-order valence-electron chi connectivity index (χ1n) is 10.1. The molecular formula is C23H27N3O2. The van der Waals surface area contributed by atoms with Crippen LogP contribution in [-0.2, 0) is 6.54 Å². The Bertz CT molecular complexity index is 947. The summed E-state index contributed by atoms with van der Waals surface area (Å²) in [7, 11) is 0. The number of benzene rings is 1. The maximum absolute atomic E-state index is 13.1. The highest BCUT2D eigenvalue weighted by Gasteiger charge is 2.25. The third-order valence-corrected chi connectivity index (χ3v) is 5.32. The quantitative estimate of drug-likeness (QED) is 0.649. The molecule has 1 aliphatic heterocycles. The van der Waals surface area contributed by atoms with Gasteiger partial charge in [-0.3, -0.25) is 9.69 Å². The zero-order valence-corrected chi connectivity index (χ0v) is 16.4. The molecule has 4 rings (SSSR count). The van der Waals surface area contributed by atoms with Crippen LogP contribution in [0.5, 0.6) is 0 Å². The lowest BCUT2D eigenvalue weighted by molar-refractivity contribution is 0.0640. The Balaban J connectivity index is 1.36. The van der Waals surface area contributed by atoms with Crippen LogP contribution in [0.3, 0.4) is 0 Å². The third-order valence-electron chi connectivity index (χ3n) is 5.32. The summed E-state index contributed by atoms with van der Waals surface area (Å²) in [6.07, 6.45) is 7.03. The number of carbonyl (C=O) groups excluding carboxylic acids is 1. The molecule has 5 heteroatoms. The van der Waals surface area contributed by atoms with Gasteiger partial charge in [-0.05, 0) is 12.0 Å². The van der Waals surface area contributed by atoms with Crippen LogP contribution in [0, 0.1) is 0 Å². The normalized spacial score (nSPS) is 15.7. The molecule has 0 saturated carbocycles. The molecule has 1 fully saturated rings. The number of aryl methyl sites for hydroxylation is 1. The lowest BCUT2D eigenvalue weighted by atomic mass is 10.2. The molecule has 2 aromatic heterocycles. The zero-order valence-electron chi connectivity index (χ0n) is 16.4. The number of aromatic nitrogens is 1. The van der Waals surface area contributed by atoms with Crippen LogP contribution in [0.4, 0.5) is 0 Å². The van der Waals surface area contributed by atoms with E-state index in [9.17, 15) is 4.79 Å². The SMILES string of the molecule is CCCn1c(C(=O)N2CCN(C/C=C/c3ccccc3)CC2)cc2occc21. The Morgan fingerprint density at radius 2 is 1.89 bits per heavy atom. The van der Waals surface area contributed by atoms with Crippen LogP contribution >= 0.6 is 0 Å². The number of hydrogen-bond donors (Lipinski definition) is 0. The number of fused-ring (bicyclic) bond motifs is 1. The predicted octanol–water partition coefficient (Wildman–Crippen LogP) is 4.12. The van der Waals surface area contributed by atoms with E-state index in [1.165, 1.54) is 5.56 Å². The average molecular weight is 377 g/mol. The molecule has 1 amide bonds. The van der Waals surface area contributed by atoms with E-state index in [2.05, 4.69) is 52.8 Å². The fourth-order valence-corrected chi connectivity index (χ4v) is 3.82. The highest BCUT2D eigenvalue weighted by molar-refractivity contribution is 5.97. The van der Waals surface area contributed by atoms with Crippen molar-refractivity contribution in [1.29, 1.82) is 0 Å². The van der Waals surface area contributed by atoms with Gasteiger partial charge < -0.3 is 13.9 Å². The number of rotatable bonds is 6. The maximum atomic E-state index is 13.1. The van der Waals surface area contributed by atoms with Gasteiger partial charge in [-0.2, -0.15) is 0 Å². The van der Waals surface area contributed by atoms with Gasteiger partial charge in [0.25, 0.3) is 5.91 Å². The summed E-state index contributed by atoms with van der Waals surface area (Å²) in [5.41, 5.74) is 3.77. The Kier molecular flexibility index (Phi) is 5.63. The summed E-state index contributed by atoms with van der Waals surface area (Å²) in [6.45, 7) is 7.19. The zero-order chi connectivity index (χ0) is 19.3. The second-order valence-electron chi connectivity index (χ2n) is 7.26. The number of piperazine rings is 1. The minimum Gasteiger partial charge on any atom is -0.463 e. The molecule has 0 spiro atoms. The molecule has 0 bridgehead atoms. The van der Waals surface area contributed by atoms with Gasteiger partial charge >= 0.3 is 0 Å². The fourth-order valence-electron chi connectivity index (χ4n) is 3.82. The average Bonchev–Trinajstić information content (AvgIpc) is 3.32. The number of furan rings is 1. The maximum Gasteiger partial charge on any atom is 0.270 e. The Labute approximate surface area is 165 Å². The monoisotopic (exact) mass is 377 g/mol. The molecule has 0 unspecified atom stereocenters. The molecular weight excluding hydrogens is 350 g/mol. The van der Waals surface area contributed by atoms with Crippen molar-refractivity contribution in [3.8, 4) is 0 Å². The van der Waals surface area contributed by atoms with Gasteiger partial charge in [0.15, 0.2) is 5.58 Å². The van der Waals surface area contributed by atoms with Gasteiger partial charge in [0.05, 0.1) is 11.8 Å². The number of hydrogen-bond acceptors (Lipinski definition) is 3.